The quantitative estimate of drug-likeness (QED) is 0.423. The van der Waals surface area contributed by atoms with E-state index in [0.717, 1.165) is 45.5 Å². The number of likely N-dealkylation sites (tertiary alicyclic amines) is 1. The Morgan fingerprint density at radius 1 is 0.939 bits per heavy atom. The highest BCUT2D eigenvalue weighted by Gasteiger charge is 2.18. The number of anilines is 1. The van der Waals surface area contributed by atoms with Crippen molar-refractivity contribution < 1.29 is 4.74 Å². The van der Waals surface area contributed by atoms with Gasteiger partial charge in [-0.15, -0.1) is 5.53 Å². The molecule has 6 rings (SSSR count). The molecule has 2 aliphatic rings. The van der Waals surface area contributed by atoms with Crippen LogP contribution in [0.5, 0.6) is 5.75 Å². The van der Waals surface area contributed by atoms with Gasteiger partial charge in [-0.3, -0.25) is 15.0 Å². The molecule has 1 aromatic heterocycles. The van der Waals surface area contributed by atoms with Gasteiger partial charge in [-0.1, -0.05) is 24.6 Å². The van der Waals surface area contributed by atoms with Crippen molar-refractivity contribution in [2.45, 2.75) is 19.3 Å². The van der Waals surface area contributed by atoms with Gasteiger partial charge in [-0.2, -0.15) is 5.10 Å². The molecule has 7 heteroatoms. The second-order valence-electron chi connectivity index (χ2n) is 8.83. The first kappa shape index (κ1) is 20.1. The number of fused-ring (bicyclic) bond motifs is 2. The van der Waals surface area contributed by atoms with E-state index in [2.05, 4.69) is 80.8 Å². The monoisotopic (exact) mass is 440 g/mol. The van der Waals surface area contributed by atoms with Crippen molar-refractivity contribution in [1.82, 2.24) is 26.1 Å². The molecular formula is C26H28N6O. The van der Waals surface area contributed by atoms with Gasteiger partial charge in [0.25, 0.3) is 0 Å². The number of hydrogen-bond acceptors (Lipinski definition) is 6. The summed E-state index contributed by atoms with van der Waals surface area (Å²) in [6, 6.07) is 18.9. The molecule has 0 atom stereocenters. The highest BCUT2D eigenvalue weighted by atomic mass is 16.5. The first-order valence-corrected chi connectivity index (χ1v) is 11.6. The number of nitrogens with one attached hydrogen (secondary N) is 3. The van der Waals surface area contributed by atoms with Crippen molar-refractivity contribution in [3.8, 4) is 17.0 Å². The van der Waals surface area contributed by atoms with E-state index in [9.17, 15) is 0 Å². The smallest absolute Gasteiger partial charge is 0.119 e. The number of methoxy groups -OCH3 is 1. The van der Waals surface area contributed by atoms with Gasteiger partial charge in [-0.25, -0.2) is 0 Å². The summed E-state index contributed by atoms with van der Waals surface area (Å²) in [5, 5.41) is 13.3. The average molecular weight is 441 g/mol. The topological polar surface area (TPSA) is 68.5 Å². The minimum absolute atomic E-state index is 0.855. The van der Waals surface area contributed by atoms with Gasteiger partial charge >= 0.3 is 0 Å². The maximum Gasteiger partial charge on any atom is 0.119 e. The summed E-state index contributed by atoms with van der Waals surface area (Å²) >= 11 is 0. The van der Waals surface area contributed by atoms with E-state index in [1.807, 2.05) is 11.1 Å². The molecule has 33 heavy (non-hydrogen) atoms. The molecule has 7 nitrogen and oxygen atoms in total. The summed E-state index contributed by atoms with van der Waals surface area (Å²) in [6.07, 6.45) is 6.10. The van der Waals surface area contributed by atoms with Crippen LogP contribution in [0.2, 0.25) is 0 Å². The summed E-state index contributed by atoms with van der Waals surface area (Å²) in [6.45, 7) is 3.31. The molecule has 0 bridgehead atoms. The van der Waals surface area contributed by atoms with Crippen LogP contribution in [0.3, 0.4) is 0 Å². The maximum absolute atomic E-state index is 5.40. The zero-order chi connectivity index (χ0) is 22.2. The third-order valence-electron chi connectivity index (χ3n) is 6.61. The van der Waals surface area contributed by atoms with Gasteiger partial charge < -0.3 is 10.2 Å². The number of benzene rings is 3. The standard InChI is InChI=1S/C26H28N6O/c1-33-23-9-7-18-5-6-19(13-20(18)14-23)26-24-15-22(8-10-25(24)28-29-26)32-17-21(27-30-32)16-31-11-3-2-4-12-31/h5-10,13-15,17,27,30H,2-4,11-12,16H2,1H3,(H,28,29). The van der Waals surface area contributed by atoms with Crippen LogP contribution in [0.15, 0.2) is 66.5 Å². The molecule has 1 saturated heterocycles. The number of aromatic nitrogens is 2. The Kier molecular flexibility index (Phi) is 5.13. The Hall–Kier alpha value is -3.55. The average Bonchev–Trinajstić information content (AvgIpc) is 3.50. The zero-order valence-electron chi connectivity index (χ0n) is 18.8. The van der Waals surface area contributed by atoms with E-state index in [1.54, 1.807) is 7.11 Å². The van der Waals surface area contributed by atoms with Crippen LogP contribution in [0.25, 0.3) is 32.9 Å². The highest BCUT2D eigenvalue weighted by molar-refractivity contribution is 5.97. The summed E-state index contributed by atoms with van der Waals surface area (Å²) < 4.78 is 5.40. The molecule has 3 aromatic carbocycles. The zero-order valence-corrected chi connectivity index (χ0v) is 18.8. The van der Waals surface area contributed by atoms with E-state index >= 15 is 0 Å². The van der Waals surface area contributed by atoms with Gasteiger partial charge in [0, 0.05) is 23.7 Å². The normalized spacial score (nSPS) is 16.9. The molecule has 0 radical (unpaired) electrons. The molecule has 1 fully saturated rings. The number of rotatable bonds is 5. The lowest BCUT2D eigenvalue weighted by Crippen LogP contribution is -2.39. The summed E-state index contributed by atoms with van der Waals surface area (Å²) in [5.41, 5.74) is 11.9. The minimum atomic E-state index is 0.855. The molecular weight excluding hydrogens is 412 g/mol. The summed E-state index contributed by atoms with van der Waals surface area (Å²) in [4.78, 5) is 2.51. The first-order valence-electron chi connectivity index (χ1n) is 11.6. The Bertz CT molecular complexity index is 1340. The molecule has 3 heterocycles. The van der Waals surface area contributed by atoms with Crippen LogP contribution in [0, 0.1) is 0 Å². The number of aromatic amines is 1. The second-order valence-corrected chi connectivity index (χ2v) is 8.83. The van der Waals surface area contributed by atoms with Gasteiger partial charge in [0.1, 0.15) is 5.75 Å². The van der Waals surface area contributed by atoms with Crippen molar-refractivity contribution in [1.29, 1.82) is 0 Å². The predicted molar refractivity (Wildman–Crippen MR) is 133 cm³/mol. The van der Waals surface area contributed by atoms with E-state index in [0.29, 0.717) is 0 Å². The number of hydrazine groups is 2. The molecule has 3 N–H and O–H groups in total. The lowest BCUT2D eigenvalue weighted by Gasteiger charge is -2.26. The number of hydrogen-bond donors (Lipinski definition) is 3. The Morgan fingerprint density at radius 2 is 1.82 bits per heavy atom. The minimum Gasteiger partial charge on any atom is -0.497 e. The fourth-order valence-electron chi connectivity index (χ4n) is 4.80. The Labute approximate surface area is 193 Å². The first-order chi connectivity index (χ1) is 16.3. The Balaban J connectivity index is 1.30. The SMILES string of the molecule is COc1ccc2ccc(-c3n[nH]c4ccc(N5C=C(CN6CCCCC6)NN5)cc34)cc2c1. The molecule has 168 valence electrons. The van der Waals surface area contributed by atoms with Crippen molar-refractivity contribution in [3.63, 3.8) is 0 Å². The van der Waals surface area contributed by atoms with Gasteiger partial charge in [0.15, 0.2) is 0 Å². The third kappa shape index (κ3) is 3.90. The molecule has 4 aromatic rings. The van der Waals surface area contributed by atoms with Gasteiger partial charge in [0.05, 0.1) is 29.7 Å². The third-order valence-corrected chi connectivity index (χ3v) is 6.61. The van der Waals surface area contributed by atoms with Crippen molar-refractivity contribution >= 4 is 27.4 Å². The number of ether oxygens (including phenoxy) is 1. The van der Waals surface area contributed by atoms with Gasteiger partial charge in [-0.05, 0) is 73.1 Å². The van der Waals surface area contributed by atoms with Crippen LogP contribution >= 0.6 is 0 Å². The molecule has 0 aliphatic carbocycles. The fourth-order valence-corrected chi connectivity index (χ4v) is 4.80. The summed E-state index contributed by atoms with van der Waals surface area (Å²) in [7, 11) is 1.70. The van der Waals surface area contributed by atoms with E-state index in [4.69, 9.17) is 4.74 Å². The van der Waals surface area contributed by atoms with Crippen LogP contribution < -0.4 is 20.7 Å². The molecule has 0 amide bonds. The maximum atomic E-state index is 5.40. The van der Waals surface area contributed by atoms with E-state index in [1.165, 1.54) is 43.4 Å². The molecule has 2 aliphatic heterocycles. The fraction of sp³-hybridized carbons (Fsp3) is 0.269. The Morgan fingerprint density at radius 3 is 2.70 bits per heavy atom. The van der Waals surface area contributed by atoms with E-state index < -0.39 is 0 Å². The van der Waals surface area contributed by atoms with Crippen molar-refractivity contribution in [2.75, 3.05) is 31.8 Å². The second kappa shape index (κ2) is 8.42. The lowest BCUT2D eigenvalue weighted by atomic mass is 10.0. The molecule has 0 saturated carbocycles. The summed E-state index contributed by atoms with van der Waals surface area (Å²) in [5.74, 6) is 0.855. The van der Waals surface area contributed by atoms with Crippen molar-refractivity contribution in [2.24, 2.45) is 0 Å². The number of piperidine rings is 1. The van der Waals surface area contributed by atoms with E-state index in [-0.39, 0.29) is 0 Å². The molecule has 0 unspecified atom stereocenters. The van der Waals surface area contributed by atoms with Crippen LogP contribution in [-0.4, -0.2) is 41.8 Å². The number of nitrogens with zero attached hydrogens (tertiary/aromatic N) is 3. The van der Waals surface area contributed by atoms with Crippen LogP contribution in [0.4, 0.5) is 5.69 Å². The lowest BCUT2D eigenvalue weighted by molar-refractivity contribution is 0.242. The highest BCUT2D eigenvalue weighted by Crippen LogP contribution is 2.32. The van der Waals surface area contributed by atoms with Crippen molar-refractivity contribution in [3.05, 3.63) is 66.5 Å². The molecule has 0 spiro atoms. The predicted octanol–water partition coefficient (Wildman–Crippen LogP) is 4.55. The number of H-pyrrole nitrogens is 1. The van der Waals surface area contributed by atoms with Crippen LogP contribution in [-0.2, 0) is 0 Å². The van der Waals surface area contributed by atoms with Crippen LogP contribution in [0.1, 0.15) is 19.3 Å². The van der Waals surface area contributed by atoms with Gasteiger partial charge in [0.2, 0.25) is 0 Å². The largest absolute Gasteiger partial charge is 0.497 e.